The zero-order valence-corrected chi connectivity index (χ0v) is 11.2. The van der Waals surface area contributed by atoms with Crippen LogP contribution in [0.25, 0.3) is 10.8 Å². The minimum atomic E-state index is 1.11. The topological polar surface area (TPSA) is 0 Å². The van der Waals surface area contributed by atoms with Crippen LogP contribution in [0.2, 0.25) is 0 Å². The highest BCUT2D eigenvalue weighted by atomic mass is 14.0. The summed E-state index contributed by atoms with van der Waals surface area (Å²) < 4.78 is 0. The number of benzene rings is 2. The van der Waals surface area contributed by atoms with Crippen LogP contribution in [0, 0.1) is 0 Å². The van der Waals surface area contributed by atoms with E-state index in [0.29, 0.717) is 0 Å². The van der Waals surface area contributed by atoms with Crippen molar-refractivity contribution in [2.24, 2.45) is 0 Å². The fourth-order valence-corrected chi connectivity index (χ4v) is 1.60. The van der Waals surface area contributed by atoms with Gasteiger partial charge in [-0.2, -0.15) is 0 Å². The largest absolute Gasteiger partial charge is 0.0683 e. The van der Waals surface area contributed by atoms with Crippen molar-refractivity contribution < 1.29 is 0 Å². The molecule has 0 heteroatoms. The Labute approximate surface area is 100 Å². The van der Waals surface area contributed by atoms with Gasteiger partial charge >= 0.3 is 0 Å². The molecule has 2 rings (SSSR count). The maximum atomic E-state index is 2.20. The third-order valence-corrected chi connectivity index (χ3v) is 2.26. The van der Waals surface area contributed by atoms with Crippen LogP contribution in [0.4, 0.5) is 0 Å². The highest BCUT2D eigenvalue weighted by Crippen LogP contribution is 2.18. The van der Waals surface area contributed by atoms with Crippen LogP contribution in [0.5, 0.6) is 0 Å². The Hall–Kier alpha value is -1.30. The smallest absolute Gasteiger partial charge is 0.0152 e. The summed E-state index contributed by atoms with van der Waals surface area (Å²) in [5.41, 5.74) is 1.44. The van der Waals surface area contributed by atoms with Crippen LogP contribution >= 0.6 is 0 Å². The van der Waals surface area contributed by atoms with Crippen LogP contribution in [0.3, 0.4) is 0 Å². The summed E-state index contributed by atoms with van der Waals surface area (Å²) in [4.78, 5) is 0. The van der Waals surface area contributed by atoms with Crippen LogP contribution in [-0.4, -0.2) is 0 Å². The standard InChI is InChI=1S/C12H12.2C2H6/c1-2-10-7-5-8-11-6-3-4-9-12(10)11;2*1-2/h3-9H,2H2,1H3;2*1-2H3. The van der Waals surface area contributed by atoms with Crippen molar-refractivity contribution in [1.29, 1.82) is 0 Å². The first kappa shape index (κ1) is 14.7. The monoisotopic (exact) mass is 216 g/mol. The molecule has 0 aliphatic carbocycles. The third kappa shape index (κ3) is 3.69. The van der Waals surface area contributed by atoms with Gasteiger partial charge in [0.2, 0.25) is 0 Å². The average molecular weight is 216 g/mol. The first-order valence-corrected chi connectivity index (χ1v) is 6.38. The number of hydrogen-bond acceptors (Lipinski definition) is 0. The van der Waals surface area contributed by atoms with Gasteiger partial charge in [0.1, 0.15) is 0 Å². The van der Waals surface area contributed by atoms with Crippen molar-refractivity contribution in [3.8, 4) is 0 Å². The van der Waals surface area contributed by atoms with Crippen molar-refractivity contribution in [2.45, 2.75) is 41.0 Å². The van der Waals surface area contributed by atoms with E-state index >= 15 is 0 Å². The Morgan fingerprint density at radius 3 is 1.94 bits per heavy atom. The van der Waals surface area contributed by atoms with Gasteiger partial charge in [0.15, 0.2) is 0 Å². The Bertz CT molecular complexity index is 383. The van der Waals surface area contributed by atoms with E-state index in [1.54, 1.807) is 0 Å². The van der Waals surface area contributed by atoms with Crippen molar-refractivity contribution >= 4 is 10.8 Å². The lowest BCUT2D eigenvalue weighted by Crippen LogP contribution is -1.81. The Morgan fingerprint density at radius 2 is 1.31 bits per heavy atom. The van der Waals surface area contributed by atoms with Gasteiger partial charge < -0.3 is 0 Å². The first-order valence-electron chi connectivity index (χ1n) is 6.38. The van der Waals surface area contributed by atoms with Crippen molar-refractivity contribution in [1.82, 2.24) is 0 Å². The second-order valence-corrected chi connectivity index (χ2v) is 2.99. The van der Waals surface area contributed by atoms with Crippen LogP contribution in [-0.2, 0) is 6.42 Å². The minimum Gasteiger partial charge on any atom is -0.0683 e. The maximum Gasteiger partial charge on any atom is -0.0152 e. The molecule has 16 heavy (non-hydrogen) atoms. The molecular formula is C16H24. The van der Waals surface area contributed by atoms with Gasteiger partial charge in [-0.05, 0) is 22.8 Å². The van der Waals surface area contributed by atoms with E-state index in [1.165, 1.54) is 16.3 Å². The maximum absolute atomic E-state index is 2.20. The quantitative estimate of drug-likeness (QED) is 0.594. The van der Waals surface area contributed by atoms with Crippen molar-refractivity contribution in [3.63, 3.8) is 0 Å². The lowest BCUT2D eigenvalue weighted by molar-refractivity contribution is 1.16. The van der Waals surface area contributed by atoms with E-state index in [2.05, 4.69) is 49.4 Å². The molecule has 0 saturated carbocycles. The van der Waals surface area contributed by atoms with Gasteiger partial charge in [0.05, 0.1) is 0 Å². The molecule has 0 amide bonds. The molecule has 0 bridgehead atoms. The summed E-state index contributed by atoms with van der Waals surface area (Å²) in [5.74, 6) is 0. The number of rotatable bonds is 1. The number of fused-ring (bicyclic) bond motifs is 1. The lowest BCUT2D eigenvalue weighted by atomic mass is 10.0. The molecule has 88 valence electrons. The van der Waals surface area contributed by atoms with Crippen molar-refractivity contribution in [3.05, 3.63) is 48.0 Å². The fourth-order valence-electron chi connectivity index (χ4n) is 1.60. The molecule has 0 radical (unpaired) electrons. The van der Waals surface area contributed by atoms with E-state index < -0.39 is 0 Å². The molecule has 2 aromatic carbocycles. The molecule has 0 aliphatic heterocycles. The van der Waals surface area contributed by atoms with Gasteiger partial charge in [0, 0.05) is 0 Å². The second kappa shape index (κ2) is 8.96. The van der Waals surface area contributed by atoms with Crippen LogP contribution < -0.4 is 0 Å². The highest BCUT2D eigenvalue weighted by Gasteiger charge is 1.95. The Balaban J connectivity index is 0.000000509. The van der Waals surface area contributed by atoms with Gasteiger partial charge in [-0.3, -0.25) is 0 Å². The fraction of sp³-hybridized carbons (Fsp3) is 0.375. The summed E-state index contributed by atoms with van der Waals surface area (Å²) >= 11 is 0. The van der Waals surface area contributed by atoms with Gasteiger partial charge in [-0.1, -0.05) is 77.1 Å². The van der Waals surface area contributed by atoms with E-state index in [0.717, 1.165) is 6.42 Å². The number of aryl methyl sites for hydroxylation is 1. The molecule has 0 spiro atoms. The predicted octanol–water partition coefficient (Wildman–Crippen LogP) is 5.45. The number of hydrogen-bond donors (Lipinski definition) is 0. The molecule has 0 unspecified atom stereocenters. The third-order valence-electron chi connectivity index (χ3n) is 2.26. The van der Waals surface area contributed by atoms with Crippen LogP contribution in [0.1, 0.15) is 40.2 Å². The highest BCUT2D eigenvalue weighted by molar-refractivity contribution is 5.85. The first-order chi connectivity index (χ1) is 7.92. The molecule has 0 nitrogen and oxygen atoms in total. The normalized spacial score (nSPS) is 8.56. The summed E-state index contributed by atoms with van der Waals surface area (Å²) in [6.45, 7) is 10.2. The van der Waals surface area contributed by atoms with E-state index in [4.69, 9.17) is 0 Å². The molecule has 0 fully saturated rings. The Morgan fingerprint density at radius 1 is 0.750 bits per heavy atom. The summed E-state index contributed by atoms with van der Waals surface area (Å²) in [6.07, 6.45) is 1.11. The van der Waals surface area contributed by atoms with E-state index in [1.807, 2.05) is 27.7 Å². The van der Waals surface area contributed by atoms with Crippen molar-refractivity contribution in [2.75, 3.05) is 0 Å². The van der Waals surface area contributed by atoms with Crippen LogP contribution in [0.15, 0.2) is 42.5 Å². The summed E-state index contributed by atoms with van der Waals surface area (Å²) in [7, 11) is 0. The Kier molecular flexibility index (Phi) is 8.24. The van der Waals surface area contributed by atoms with Gasteiger partial charge in [-0.15, -0.1) is 0 Å². The summed E-state index contributed by atoms with van der Waals surface area (Å²) in [5, 5.41) is 2.74. The molecule has 2 aromatic rings. The van der Waals surface area contributed by atoms with E-state index in [-0.39, 0.29) is 0 Å². The molecule has 0 saturated heterocycles. The zero-order valence-electron chi connectivity index (χ0n) is 11.2. The molecule has 0 atom stereocenters. The molecular weight excluding hydrogens is 192 g/mol. The zero-order chi connectivity index (χ0) is 12.4. The lowest BCUT2D eigenvalue weighted by Gasteiger charge is -2.02. The molecule has 0 N–H and O–H groups in total. The molecule has 0 aliphatic rings. The SMILES string of the molecule is CC.CC.CCc1cccc2ccccc12. The minimum absolute atomic E-state index is 1.11. The average Bonchev–Trinajstić information content (AvgIpc) is 2.42. The second-order valence-electron chi connectivity index (χ2n) is 2.99. The van der Waals surface area contributed by atoms with Gasteiger partial charge in [-0.25, -0.2) is 0 Å². The van der Waals surface area contributed by atoms with E-state index in [9.17, 15) is 0 Å². The molecule has 0 heterocycles. The van der Waals surface area contributed by atoms with Gasteiger partial charge in [0.25, 0.3) is 0 Å². The predicted molar refractivity (Wildman–Crippen MR) is 76.0 cm³/mol. The summed E-state index contributed by atoms with van der Waals surface area (Å²) in [6, 6.07) is 15.0. The molecule has 0 aromatic heterocycles.